The van der Waals surface area contributed by atoms with Crippen LogP contribution in [0.4, 0.5) is 0 Å². The first-order valence-corrected chi connectivity index (χ1v) is 31.7. The largest absolute Gasteiger partial charge is 0.477 e. The quantitative estimate of drug-likeness (QED) is 0.0305. The summed E-state index contributed by atoms with van der Waals surface area (Å²) < 4.78 is 34.7. The number of carbonyl (C=O) groups is 3. The Morgan fingerprint density at radius 2 is 1.14 bits per heavy atom. The first-order valence-electron chi connectivity index (χ1n) is 31.7. The van der Waals surface area contributed by atoms with E-state index in [1.165, 1.54) is 70.6 Å². The molecule has 0 spiro atoms. The second kappa shape index (κ2) is 43.0. The highest BCUT2D eigenvalue weighted by atomic mass is 16.8. The number of carboxylic acid groups (broad SMARTS) is 1. The maximum Gasteiger partial charge on any atom is 0.364 e. The minimum absolute atomic E-state index is 0.214. The Morgan fingerprint density at radius 1 is 0.619 bits per heavy atom. The van der Waals surface area contributed by atoms with E-state index in [-0.39, 0.29) is 18.9 Å². The van der Waals surface area contributed by atoms with Gasteiger partial charge in [-0.25, -0.2) is 4.79 Å². The molecular formula is C61H110N2O21. The molecule has 0 aromatic carbocycles. The third-order valence-electron chi connectivity index (χ3n) is 16.2. The highest BCUT2D eigenvalue weighted by Gasteiger charge is 2.60. The van der Waals surface area contributed by atoms with Gasteiger partial charge < -0.3 is 100 Å². The molecule has 0 aromatic rings. The Labute approximate surface area is 498 Å². The van der Waals surface area contributed by atoms with Crippen LogP contribution in [0.3, 0.4) is 0 Å². The average Bonchev–Trinajstić information content (AvgIpc) is 1.44. The first kappa shape index (κ1) is 75.5. The first-order chi connectivity index (χ1) is 40.4. The third-order valence-corrected chi connectivity index (χ3v) is 16.2. The zero-order valence-corrected chi connectivity index (χ0v) is 50.5. The van der Waals surface area contributed by atoms with Crippen molar-refractivity contribution in [1.29, 1.82) is 0 Å². The number of ether oxygens (including phenoxy) is 6. The van der Waals surface area contributed by atoms with Crippen LogP contribution < -0.4 is 10.6 Å². The number of aliphatic carboxylic acids is 1. The van der Waals surface area contributed by atoms with Gasteiger partial charge >= 0.3 is 5.97 Å². The van der Waals surface area contributed by atoms with Crippen LogP contribution in [0.5, 0.6) is 0 Å². The lowest BCUT2D eigenvalue weighted by Crippen LogP contribution is -2.70. The van der Waals surface area contributed by atoms with E-state index in [1.807, 2.05) is 0 Å². The molecule has 0 bridgehead atoms. The number of amides is 2. The van der Waals surface area contributed by atoms with E-state index in [4.69, 9.17) is 28.4 Å². The maximum atomic E-state index is 13.4. The highest BCUT2D eigenvalue weighted by Crippen LogP contribution is 2.38. The summed E-state index contributed by atoms with van der Waals surface area (Å²) in [5.74, 6) is -6.11. The van der Waals surface area contributed by atoms with Crippen molar-refractivity contribution in [3.63, 3.8) is 0 Å². The van der Waals surface area contributed by atoms with Crippen molar-refractivity contribution in [3.05, 3.63) is 24.3 Å². The maximum absolute atomic E-state index is 13.4. The lowest BCUT2D eigenvalue weighted by Gasteiger charge is -2.50. The molecule has 3 heterocycles. The number of allylic oxidation sites excluding steroid dienone is 4. The fourth-order valence-electron chi connectivity index (χ4n) is 11.0. The molecule has 18 unspecified atom stereocenters. The summed E-state index contributed by atoms with van der Waals surface area (Å²) in [6.45, 7) is 2.13. The van der Waals surface area contributed by atoms with Gasteiger partial charge in [0.2, 0.25) is 11.8 Å². The van der Waals surface area contributed by atoms with Gasteiger partial charge in [0.15, 0.2) is 12.6 Å². The molecule has 3 rings (SSSR count). The summed E-state index contributed by atoms with van der Waals surface area (Å²) in [5.41, 5.74) is 0. The molecule has 0 aromatic heterocycles. The van der Waals surface area contributed by atoms with Gasteiger partial charge in [0.1, 0.15) is 67.1 Å². The van der Waals surface area contributed by atoms with Crippen LogP contribution >= 0.6 is 0 Å². The van der Waals surface area contributed by atoms with Crippen LogP contribution in [0.1, 0.15) is 207 Å². The van der Waals surface area contributed by atoms with Gasteiger partial charge in [-0.2, -0.15) is 0 Å². The molecule has 490 valence electrons. The number of carboxylic acids is 1. The van der Waals surface area contributed by atoms with Crippen LogP contribution in [0.15, 0.2) is 24.3 Å². The monoisotopic (exact) mass is 1210 g/mol. The van der Waals surface area contributed by atoms with E-state index in [0.717, 1.165) is 90.4 Å². The molecule has 0 aliphatic carbocycles. The normalized spacial score (nSPS) is 29.9. The van der Waals surface area contributed by atoms with Crippen LogP contribution in [-0.2, 0) is 42.8 Å². The molecule has 2 amide bonds. The van der Waals surface area contributed by atoms with Gasteiger partial charge in [0.25, 0.3) is 5.79 Å². The number of unbranched alkanes of at least 4 members (excludes halogenated alkanes) is 22. The Hall–Kier alpha value is -2.79. The molecule has 23 heteroatoms. The molecule has 23 nitrogen and oxygen atoms in total. The summed E-state index contributed by atoms with van der Waals surface area (Å²) in [5, 5.41) is 136. The van der Waals surface area contributed by atoms with Crippen molar-refractivity contribution in [2.45, 2.75) is 317 Å². The van der Waals surface area contributed by atoms with Crippen molar-refractivity contribution in [2.75, 3.05) is 26.4 Å². The van der Waals surface area contributed by atoms with E-state index < -0.39 is 148 Å². The summed E-state index contributed by atoms with van der Waals surface area (Å²) in [4.78, 5) is 38.4. The van der Waals surface area contributed by atoms with E-state index in [2.05, 4.69) is 48.8 Å². The molecule has 84 heavy (non-hydrogen) atoms. The summed E-state index contributed by atoms with van der Waals surface area (Å²) in [6.07, 6.45) is 9.07. The van der Waals surface area contributed by atoms with E-state index >= 15 is 0 Å². The van der Waals surface area contributed by atoms with Crippen molar-refractivity contribution < 1.29 is 104 Å². The minimum atomic E-state index is -3.08. The lowest BCUT2D eigenvalue weighted by atomic mass is 9.88. The smallest absolute Gasteiger partial charge is 0.364 e. The van der Waals surface area contributed by atoms with E-state index in [0.29, 0.717) is 19.3 Å². The SMILES string of the molecule is CCCCC/C=C\C/C=C\CCCCCCCCCC(=O)NC(COC1OC(CO)C(OC2OC(CO)C(O)C(OC3(C(=O)O)CC(O)C(NC(C)=O)C(C(O)C(O)CO)O3)C2O)C(O)C1O)C(O)CCCCCCCCCCCCCCC. The number of aliphatic hydroxyl groups is 11. The molecule has 0 saturated carbocycles. The lowest BCUT2D eigenvalue weighted by molar-refractivity contribution is -0.386. The Balaban J connectivity index is 1.64. The molecule has 3 fully saturated rings. The highest BCUT2D eigenvalue weighted by molar-refractivity contribution is 5.77. The second-order valence-corrected chi connectivity index (χ2v) is 23.3. The van der Waals surface area contributed by atoms with E-state index in [1.54, 1.807) is 0 Å². The number of hydrogen-bond acceptors (Lipinski definition) is 20. The van der Waals surface area contributed by atoms with Crippen LogP contribution in [0.25, 0.3) is 0 Å². The summed E-state index contributed by atoms with van der Waals surface area (Å²) in [6, 6.07) is -2.53. The van der Waals surface area contributed by atoms with Crippen molar-refractivity contribution in [2.24, 2.45) is 0 Å². The van der Waals surface area contributed by atoms with Gasteiger partial charge in [0.05, 0.1) is 50.7 Å². The van der Waals surface area contributed by atoms with Gasteiger partial charge in [-0.05, 0) is 44.9 Å². The summed E-state index contributed by atoms with van der Waals surface area (Å²) in [7, 11) is 0. The third kappa shape index (κ3) is 26.5. The Bertz CT molecular complexity index is 1820. The van der Waals surface area contributed by atoms with Crippen LogP contribution in [0.2, 0.25) is 0 Å². The van der Waals surface area contributed by atoms with E-state index in [9.17, 15) is 75.7 Å². The van der Waals surface area contributed by atoms with Crippen LogP contribution in [-0.4, -0.2) is 215 Å². The number of nitrogens with one attached hydrogen (secondary N) is 2. The Morgan fingerprint density at radius 3 is 1.69 bits per heavy atom. The zero-order chi connectivity index (χ0) is 61.9. The molecule has 18 atom stereocenters. The number of aliphatic hydroxyl groups excluding tert-OH is 11. The second-order valence-electron chi connectivity index (χ2n) is 23.3. The van der Waals surface area contributed by atoms with Crippen molar-refractivity contribution in [1.82, 2.24) is 10.6 Å². The average molecular weight is 1210 g/mol. The Kier molecular flexibility index (Phi) is 38.6. The molecule has 3 aliphatic rings. The molecule has 3 aliphatic heterocycles. The molecule has 3 saturated heterocycles. The number of hydrogen-bond donors (Lipinski definition) is 14. The standard InChI is InChI=1S/C61H110N2O21/c1-4-6-8-10-12-14-16-18-19-20-21-23-25-27-29-31-33-35-48(71)63-42(43(68)34-32-30-28-26-24-22-17-15-13-11-9-7-5-2)40-79-58-53(75)52(74)55(47(39-66)81-58)82-59-54(76)57(51(73)46(38-65)80-59)84-61(60(77)78)36-44(69)49(62-41(3)67)56(83-61)50(72)45(70)37-64/h12,14,18-19,42-47,49-59,64-66,68-70,72-76H,4-11,13,15-17,20-40H2,1-3H3,(H,62,67)(H,63,71)(H,77,78)/b14-12-,19-18-. The number of carbonyl (C=O) groups excluding carboxylic acids is 2. The summed E-state index contributed by atoms with van der Waals surface area (Å²) >= 11 is 0. The fraction of sp³-hybridized carbons (Fsp3) is 0.885. The number of rotatable bonds is 46. The van der Waals surface area contributed by atoms with Crippen molar-refractivity contribution >= 4 is 17.8 Å². The fourth-order valence-corrected chi connectivity index (χ4v) is 11.0. The molecular weight excluding hydrogens is 1100 g/mol. The van der Waals surface area contributed by atoms with Gasteiger partial charge in [-0.15, -0.1) is 0 Å². The zero-order valence-electron chi connectivity index (χ0n) is 50.5. The van der Waals surface area contributed by atoms with Gasteiger partial charge in [0, 0.05) is 19.8 Å². The molecule has 14 N–H and O–H groups in total. The van der Waals surface area contributed by atoms with Gasteiger partial charge in [-0.1, -0.05) is 167 Å². The van der Waals surface area contributed by atoms with Crippen LogP contribution in [0, 0.1) is 0 Å². The minimum Gasteiger partial charge on any atom is -0.477 e. The van der Waals surface area contributed by atoms with Gasteiger partial charge in [-0.3, -0.25) is 9.59 Å². The topological polar surface area (TPSA) is 373 Å². The molecule has 0 radical (unpaired) electrons. The predicted molar refractivity (Wildman–Crippen MR) is 311 cm³/mol. The predicted octanol–water partition coefficient (Wildman–Crippen LogP) is 3.72. The van der Waals surface area contributed by atoms with Crippen molar-refractivity contribution in [3.8, 4) is 0 Å².